The fourth-order valence-electron chi connectivity index (χ4n) is 5.05. The van der Waals surface area contributed by atoms with Gasteiger partial charge in [-0.05, 0) is 48.4 Å². The van der Waals surface area contributed by atoms with Crippen molar-refractivity contribution in [1.82, 2.24) is 14.9 Å². The maximum Gasteiger partial charge on any atom is 0.246 e. The first kappa shape index (κ1) is 30.1. The zero-order valence-corrected chi connectivity index (χ0v) is 23.8. The van der Waals surface area contributed by atoms with Crippen LogP contribution in [0.15, 0.2) is 84.9 Å². The molecular weight excluding hydrogens is 514 g/mol. The minimum Gasteiger partial charge on any atom is -0.391 e. The van der Waals surface area contributed by atoms with Crippen molar-refractivity contribution < 1.29 is 14.7 Å². The van der Waals surface area contributed by atoms with Crippen molar-refractivity contribution in [2.24, 2.45) is 23.3 Å². The van der Waals surface area contributed by atoms with Crippen LogP contribution in [0.3, 0.4) is 0 Å². The third-order valence-corrected chi connectivity index (χ3v) is 7.83. The van der Waals surface area contributed by atoms with Crippen molar-refractivity contribution in [3.05, 3.63) is 102 Å². The van der Waals surface area contributed by atoms with E-state index >= 15 is 0 Å². The number of imide groups is 1. The van der Waals surface area contributed by atoms with E-state index in [0.29, 0.717) is 25.1 Å². The quantitative estimate of drug-likeness (QED) is 0.197. The number of fused-ring (bicyclic) bond motifs is 1. The number of carbonyl (C=O) groups is 2. The number of nitrogens with one attached hydrogen (secondary N) is 1. The minimum atomic E-state index is -0.959. The number of aromatic amines is 1. The molecule has 0 aliphatic rings. The van der Waals surface area contributed by atoms with Crippen LogP contribution in [0.4, 0.5) is 0 Å². The van der Waals surface area contributed by atoms with Crippen LogP contribution in [0.1, 0.15) is 43.6 Å². The number of amides is 2. The summed E-state index contributed by atoms with van der Waals surface area (Å²) in [7, 11) is 0. The zero-order valence-electron chi connectivity index (χ0n) is 23.8. The molecule has 0 saturated heterocycles. The van der Waals surface area contributed by atoms with E-state index in [2.05, 4.69) is 9.97 Å². The molecule has 2 amide bonds. The predicted molar refractivity (Wildman–Crippen MR) is 161 cm³/mol. The van der Waals surface area contributed by atoms with E-state index in [1.807, 2.05) is 98.8 Å². The van der Waals surface area contributed by atoms with Crippen LogP contribution in [0.25, 0.3) is 11.0 Å². The summed E-state index contributed by atoms with van der Waals surface area (Å²) in [6.45, 7) is 3.82. The van der Waals surface area contributed by atoms with Crippen LogP contribution in [0, 0.1) is 11.8 Å². The van der Waals surface area contributed by atoms with Crippen molar-refractivity contribution in [2.45, 2.75) is 64.3 Å². The molecule has 4 aromatic rings. The van der Waals surface area contributed by atoms with Gasteiger partial charge in [0.15, 0.2) is 0 Å². The van der Waals surface area contributed by atoms with Crippen molar-refractivity contribution in [1.29, 1.82) is 0 Å². The summed E-state index contributed by atoms with van der Waals surface area (Å²) in [6, 6.07) is 25.4. The van der Waals surface area contributed by atoms with Gasteiger partial charge < -0.3 is 21.6 Å². The molecule has 0 unspecified atom stereocenters. The molecule has 5 atom stereocenters. The lowest BCUT2D eigenvalue weighted by Crippen LogP contribution is -2.51. The SMILES string of the molecule is CC[C@H](C)[C@H](N)C(=O)N(Cc1nc2ccccc2[nH]1)C(=O)[C@H](Cc1ccccc1)C[C@H](O)[C@@H](N)Cc1ccccc1. The highest BCUT2D eigenvalue weighted by Gasteiger charge is 2.35. The average molecular weight is 556 g/mol. The fourth-order valence-corrected chi connectivity index (χ4v) is 5.05. The molecule has 8 nitrogen and oxygen atoms in total. The first-order valence-corrected chi connectivity index (χ1v) is 14.3. The summed E-state index contributed by atoms with van der Waals surface area (Å²) in [5.74, 6) is -1.18. The third-order valence-electron chi connectivity index (χ3n) is 7.83. The summed E-state index contributed by atoms with van der Waals surface area (Å²) < 4.78 is 0. The Morgan fingerprint density at radius 1 is 0.878 bits per heavy atom. The number of para-hydroxylation sites is 2. The topological polar surface area (TPSA) is 138 Å². The Labute approximate surface area is 241 Å². The lowest BCUT2D eigenvalue weighted by molar-refractivity contribution is -0.150. The van der Waals surface area contributed by atoms with Crippen LogP contribution in [-0.2, 0) is 29.0 Å². The number of benzene rings is 3. The minimum absolute atomic E-state index is 0.0477. The van der Waals surface area contributed by atoms with Gasteiger partial charge in [-0.25, -0.2) is 4.98 Å². The average Bonchev–Trinajstić information content (AvgIpc) is 3.41. The van der Waals surface area contributed by atoms with Gasteiger partial charge in [0.2, 0.25) is 11.8 Å². The molecule has 0 aliphatic carbocycles. The fraction of sp³-hybridized carbons (Fsp3) is 0.364. The van der Waals surface area contributed by atoms with Crippen LogP contribution >= 0.6 is 0 Å². The summed E-state index contributed by atoms with van der Waals surface area (Å²) >= 11 is 0. The lowest BCUT2D eigenvalue weighted by Gasteiger charge is -2.31. The Morgan fingerprint density at radius 3 is 2.07 bits per heavy atom. The zero-order chi connectivity index (χ0) is 29.4. The first-order chi connectivity index (χ1) is 19.8. The summed E-state index contributed by atoms with van der Waals surface area (Å²) in [4.78, 5) is 37.1. The number of H-pyrrole nitrogens is 1. The number of imidazole rings is 1. The van der Waals surface area contributed by atoms with Crippen molar-refractivity contribution in [3.8, 4) is 0 Å². The predicted octanol–water partition coefficient (Wildman–Crippen LogP) is 3.97. The monoisotopic (exact) mass is 555 g/mol. The molecule has 216 valence electrons. The van der Waals surface area contributed by atoms with E-state index in [4.69, 9.17) is 11.5 Å². The van der Waals surface area contributed by atoms with Gasteiger partial charge in [0, 0.05) is 12.0 Å². The summed E-state index contributed by atoms with van der Waals surface area (Å²) in [6.07, 6.45) is 0.648. The van der Waals surface area contributed by atoms with Gasteiger partial charge in [0.25, 0.3) is 0 Å². The molecule has 8 heteroatoms. The normalized spacial score (nSPS) is 15.1. The van der Waals surface area contributed by atoms with Gasteiger partial charge in [-0.3, -0.25) is 14.5 Å². The highest BCUT2D eigenvalue weighted by Crippen LogP contribution is 2.23. The second-order valence-corrected chi connectivity index (χ2v) is 10.9. The number of aromatic nitrogens is 2. The van der Waals surface area contributed by atoms with E-state index in [-0.39, 0.29) is 18.9 Å². The molecule has 3 aromatic carbocycles. The number of hydrogen-bond acceptors (Lipinski definition) is 6. The van der Waals surface area contributed by atoms with Crippen molar-refractivity contribution >= 4 is 22.8 Å². The first-order valence-electron chi connectivity index (χ1n) is 14.3. The molecule has 0 bridgehead atoms. The molecule has 41 heavy (non-hydrogen) atoms. The molecular formula is C33H41N5O3. The van der Waals surface area contributed by atoms with E-state index < -0.39 is 35.9 Å². The van der Waals surface area contributed by atoms with Gasteiger partial charge in [-0.15, -0.1) is 0 Å². The Bertz CT molecular complexity index is 1380. The summed E-state index contributed by atoms with van der Waals surface area (Å²) in [5.41, 5.74) is 16.3. The molecule has 0 fully saturated rings. The molecule has 0 spiro atoms. The van der Waals surface area contributed by atoms with Crippen molar-refractivity contribution in [3.63, 3.8) is 0 Å². The van der Waals surface area contributed by atoms with E-state index in [0.717, 1.165) is 22.2 Å². The number of aliphatic hydroxyl groups excluding tert-OH is 1. The van der Waals surface area contributed by atoms with Crippen LogP contribution < -0.4 is 11.5 Å². The molecule has 1 heterocycles. The maximum atomic E-state index is 14.3. The molecule has 0 aliphatic heterocycles. The van der Waals surface area contributed by atoms with Crippen LogP contribution in [0.5, 0.6) is 0 Å². The van der Waals surface area contributed by atoms with E-state index in [9.17, 15) is 14.7 Å². The second-order valence-electron chi connectivity index (χ2n) is 10.9. The van der Waals surface area contributed by atoms with E-state index in [1.54, 1.807) is 0 Å². The van der Waals surface area contributed by atoms with Gasteiger partial charge in [0.05, 0.1) is 29.7 Å². The third kappa shape index (κ3) is 7.88. The number of nitrogens with two attached hydrogens (primary N) is 2. The highest BCUT2D eigenvalue weighted by molar-refractivity contribution is 5.99. The lowest BCUT2D eigenvalue weighted by atomic mass is 9.88. The molecule has 0 radical (unpaired) electrons. The Hall–Kier alpha value is -3.85. The number of carbonyl (C=O) groups excluding carboxylic acids is 2. The molecule has 0 saturated carbocycles. The molecule has 6 N–H and O–H groups in total. The van der Waals surface area contributed by atoms with Gasteiger partial charge >= 0.3 is 0 Å². The Balaban J connectivity index is 1.63. The number of aliphatic hydroxyl groups is 1. The Morgan fingerprint density at radius 2 is 1.46 bits per heavy atom. The van der Waals surface area contributed by atoms with Crippen LogP contribution in [-0.4, -0.2) is 50.0 Å². The van der Waals surface area contributed by atoms with Crippen LogP contribution in [0.2, 0.25) is 0 Å². The van der Waals surface area contributed by atoms with E-state index in [1.165, 1.54) is 4.90 Å². The maximum absolute atomic E-state index is 14.3. The molecule has 4 rings (SSSR count). The molecule has 1 aromatic heterocycles. The summed E-state index contributed by atoms with van der Waals surface area (Å²) in [5, 5.41) is 11.2. The standard InChI is InChI=1S/C33H41N5O3/c1-3-22(2)31(35)33(41)38(21-30-36-27-16-10-11-17-28(27)37-30)32(40)25(18-23-12-6-4-7-13-23)20-29(39)26(34)19-24-14-8-5-9-15-24/h4-17,22,25-26,29,31,39H,3,18-21,34-35H2,1-2H3,(H,36,37)/t22-,25+,26-,29-,31-/m0/s1. The highest BCUT2D eigenvalue weighted by atomic mass is 16.3. The number of hydrogen-bond donors (Lipinski definition) is 4. The largest absolute Gasteiger partial charge is 0.391 e. The number of nitrogens with zero attached hydrogens (tertiary/aromatic N) is 2. The van der Waals surface area contributed by atoms with Crippen molar-refractivity contribution in [2.75, 3.05) is 0 Å². The Kier molecular flexibility index (Phi) is 10.4. The second kappa shape index (κ2) is 14.2. The van der Waals surface area contributed by atoms with Gasteiger partial charge in [0.1, 0.15) is 5.82 Å². The smallest absolute Gasteiger partial charge is 0.246 e. The van der Waals surface area contributed by atoms with Gasteiger partial charge in [-0.1, -0.05) is 93.1 Å². The number of rotatable bonds is 13. The van der Waals surface area contributed by atoms with Gasteiger partial charge in [-0.2, -0.15) is 0 Å².